The van der Waals surface area contributed by atoms with E-state index in [1.54, 1.807) is 54.6 Å². The molecule has 1 amide bonds. The Balaban J connectivity index is 1.68. The van der Waals surface area contributed by atoms with Crippen LogP contribution >= 0.6 is 11.6 Å². The minimum atomic E-state index is -3.68. The molecule has 0 radical (unpaired) electrons. The largest absolute Gasteiger partial charge is 0.271 e. The second-order valence-electron chi connectivity index (χ2n) is 6.09. The molecule has 0 heterocycles. The van der Waals surface area contributed by atoms with E-state index in [1.807, 2.05) is 0 Å². The van der Waals surface area contributed by atoms with Gasteiger partial charge in [-0.1, -0.05) is 41.9 Å². The highest BCUT2D eigenvalue weighted by Gasteiger charge is 2.21. The number of anilines is 1. The molecule has 0 aliphatic heterocycles. The number of halogens is 1. The van der Waals surface area contributed by atoms with Crippen molar-refractivity contribution in [1.29, 1.82) is 0 Å². The maximum Gasteiger partial charge on any atom is 0.271 e. The Morgan fingerprint density at radius 3 is 2.34 bits per heavy atom. The number of sulfonamides is 1. The summed E-state index contributed by atoms with van der Waals surface area (Å²) in [5.74, 6) is -0.414. The Labute approximate surface area is 174 Å². The van der Waals surface area contributed by atoms with Crippen molar-refractivity contribution < 1.29 is 13.2 Å². The van der Waals surface area contributed by atoms with E-state index >= 15 is 0 Å². The Hall–Kier alpha value is -3.16. The van der Waals surface area contributed by atoms with Crippen LogP contribution in [0.15, 0.2) is 88.9 Å². The summed E-state index contributed by atoms with van der Waals surface area (Å²) >= 11 is 5.90. The minimum Gasteiger partial charge on any atom is -0.269 e. The van der Waals surface area contributed by atoms with Crippen LogP contribution in [0.4, 0.5) is 5.69 Å². The molecule has 3 aromatic rings. The number of nitrogens with one attached hydrogen (secondary N) is 1. The van der Waals surface area contributed by atoms with Gasteiger partial charge in [0.25, 0.3) is 15.9 Å². The molecule has 0 aromatic heterocycles. The van der Waals surface area contributed by atoms with Crippen LogP contribution in [0, 0.1) is 0 Å². The van der Waals surface area contributed by atoms with Crippen LogP contribution in [0.1, 0.15) is 15.9 Å². The highest BCUT2D eigenvalue weighted by Crippen LogP contribution is 2.22. The third-order valence-electron chi connectivity index (χ3n) is 4.12. The van der Waals surface area contributed by atoms with Crippen molar-refractivity contribution in [2.75, 3.05) is 11.4 Å². The Bertz CT molecular complexity index is 1130. The standard InChI is InChI=1S/C21H18ClN3O3S/c1-25(29(27,28)20-8-3-2-4-9-20)19-12-10-17(11-13-19)21(26)24-23-15-16-6-5-7-18(22)14-16/h2-15H,1H3,(H,24,26)/b23-15+. The van der Waals surface area contributed by atoms with E-state index in [0.717, 1.165) is 5.56 Å². The number of hydrazone groups is 1. The van der Waals surface area contributed by atoms with E-state index < -0.39 is 15.9 Å². The van der Waals surface area contributed by atoms with Crippen LogP contribution in [0.3, 0.4) is 0 Å². The zero-order valence-electron chi connectivity index (χ0n) is 15.5. The number of carbonyl (C=O) groups excluding carboxylic acids is 1. The fourth-order valence-corrected chi connectivity index (χ4v) is 3.94. The van der Waals surface area contributed by atoms with Crippen molar-refractivity contribution in [2.24, 2.45) is 5.10 Å². The second-order valence-corrected chi connectivity index (χ2v) is 8.49. The van der Waals surface area contributed by atoms with Crippen LogP contribution in [-0.4, -0.2) is 27.6 Å². The SMILES string of the molecule is CN(c1ccc(C(=O)N/N=C/c2cccc(Cl)c2)cc1)S(=O)(=O)c1ccccc1. The number of rotatable bonds is 6. The number of hydrogen-bond donors (Lipinski definition) is 1. The second kappa shape index (κ2) is 8.89. The summed E-state index contributed by atoms with van der Waals surface area (Å²) in [4.78, 5) is 12.4. The fourth-order valence-electron chi connectivity index (χ4n) is 2.53. The molecule has 8 heteroatoms. The molecule has 0 bridgehead atoms. The number of hydrogen-bond acceptors (Lipinski definition) is 4. The van der Waals surface area contributed by atoms with Crippen molar-refractivity contribution in [3.63, 3.8) is 0 Å². The minimum absolute atomic E-state index is 0.194. The van der Waals surface area contributed by atoms with Gasteiger partial charge in [-0.05, 0) is 54.1 Å². The first kappa shape index (κ1) is 20.6. The van der Waals surface area contributed by atoms with Gasteiger partial charge in [0.2, 0.25) is 0 Å². The molecule has 148 valence electrons. The molecule has 0 aliphatic carbocycles. The van der Waals surface area contributed by atoms with E-state index in [4.69, 9.17) is 11.6 Å². The van der Waals surface area contributed by atoms with E-state index in [1.165, 1.54) is 41.8 Å². The first-order valence-corrected chi connectivity index (χ1v) is 10.4. The van der Waals surface area contributed by atoms with Gasteiger partial charge in [0.15, 0.2) is 0 Å². The van der Waals surface area contributed by atoms with Crippen molar-refractivity contribution >= 4 is 39.4 Å². The van der Waals surface area contributed by atoms with E-state index in [0.29, 0.717) is 16.3 Å². The molecule has 0 saturated heterocycles. The summed E-state index contributed by atoms with van der Waals surface area (Å²) in [5, 5.41) is 4.48. The van der Waals surface area contributed by atoms with Crippen LogP contribution in [-0.2, 0) is 10.0 Å². The van der Waals surface area contributed by atoms with Gasteiger partial charge < -0.3 is 0 Å². The summed E-state index contributed by atoms with van der Waals surface area (Å²) in [6.07, 6.45) is 1.48. The van der Waals surface area contributed by atoms with Crippen molar-refractivity contribution in [3.8, 4) is 0 Å². The van der Waals surface area contributed by atoms with Gasteiger partial charge in [-0.25, -0.2) is 13.8 Å². The number of benzene rings is 3. The van der Waals surface area contributed by atoms with Gasteiger partial charge in [-0.15, -0.1) is 0 Å². The Morgan fingerprint density at radius 1 is 1.00 bits per heavy atom. The van der Waals surface area contributed by atoms with Gasteiger partial charge in [0.05, 0.1) is 16.8 Å². The van der Waals surface area contributed by atoms with Crippen LogP contribution in [0.5, 0.6) is 0 Å². The molecule has 0 atom stereocenters. The Morgan fingerprint density at radius 2 is 1.69 bits per heavy atom. The third-order valence-corrected chi connectivity index (χ3v) is 6.16. The van der Waals surface area contributed by atoms with Crippen molar-refractivity contribution in [1.82, 2.24) is 5.43 Å². The molecular formula is C21H18ClN3O3S. The van der Waals surface area contributed by atoms with Crippen LogP contribution in [0.25, 0.3) is 0 Å². The number of carbonyl (C=O) groups is 1. The van der Waals surface area contributed by atoms with Gasteiger partial charge in [0.1, 0.15) is 0 Å². The molecule has 1 N–H and O–H groups in total. The molecule has 29 heavy (non-hydrogen) atoms. The smallest absolute Gasteiger partial charge is 0.269 e. The Kier molecular flexibility index (Phi) is 6.31. The highest BCUT2D eigenvalue weighted by atomic mass is 35.5. The van der Waals surface area contributed by atoms with Gasteiger partial charge >= 0.3 is 0 Å². The van der Waals surface area contributed by atoms with Gasteiger partial charge in [0, 0.05) is 17.6 Å². The highest BCUT2D eigenvalue weighted by molar-refractivity contribution is 7.92. The van der Waals surface area contributed by atoms with Crippen LogP contribution in [0.2, 0.25) is 5.02 Å². The van der Waals surface area contributed by atoms with Crippen molar-refractivity contribution in [3.05, 3.63) is 95.0 Å². The van der Waals surface area contributed by atoms with E-state index in [-0.39, 0.29) is 4.90 Å². The summed E-state index contributed by atoms with van der Waals surface area (Å²) < 4.78 is 26.5. The topological polar surface area (TPSA) is 78.8 Å². The lowest BCUT2D eigenvalue weighted by molar-refractivity contribution is 0.0955. The maximum atomic E-state index is 12.7. The third kappa shape index (κ3) is 5.01. The van der Waals surface area contributed by atoms with Crippen LogP contribution < -0.4 is 9.73 Å². The lowest BCUT2D eigenvalue weighted by Crippen LogP contribution is -2.26. The molecular weight excluding hydrogens is 410 g/mol. The molecule has 0 fully saturated rings. The average Bonchev–Trinajstić information content (AvgIpc) is 2.74. The van der Waals surface area contributed by atoms with E-state index in [9.17, 15) is 13.2 Å². The molecule has 0 saturated carbocycles. The normalized spacial score (nSPS) is 11.4. The van der Waals surface area contributed by atoms with E-state index in [2.05, 4.69) is 10.5 Å². The molecule has 0 aliphatic rings. The number of amides is 1. The summed E-state index contributed by atoms with van der Waals surface area (Å²) in [6, 6.07) is 21.4. The zero-order chi connectivity index (χ0) is 20.9. The predicted octanol–water partition coefficient (Wildman–Crippen LogP) is 3.93. The predicted molar refractivity (Wildman–Crippen MR) is 115 cm³/mol. The molecule has 0 unspecified atom stereocenters. The molecule has 6 nitrogen and oxygen atoms in total. The monoisotopic (exact) mass is 427 g/mol. The summed E-state index contributed by atoms with van der Waals surface area (Å²) in [7, 11) is -2.21. The van der Waals surface area contributed by atoms with Gasteiger partial charge in [-0.3, -0.25) is 9.10 Å². The first-order valence-electron chi connectivity index (χ1n) is 8.61. The van der Waals surface area contributed by atoms with Gasteiger partial charge in [-0.2, -0.15) is 5.10 Å². The zero-order valence-corrected chi connectivity index (χ0v) is 17.1. The lowest BCUT2D eigenvalue weighted by Gasteiger charge is -2.19. The molecule has 3 rings (SSSR count). The number of nitrogens with zero attached hydrogens (tertiary/aromatic N) is 2. The lowest BCUT2D eigenvalue weighted by atomic mass is 10.2. The average molecular weight is 428 g/mol. The molecule has 0 spiro atoms. The quantitative estimate of drug-likeness (QED) is 0.478. The summed E-state index contributed by atoms with van der Waals surface area (Å²) in [5.41, 5.74) is 3.97. The fraction of sp³-hybridized carbons (Fsp3) is 0.0476. The maximum absolute atomic E-state index is 12.7. The molecule has 3 aromatic carbocycles. The first-order chi connectivity index (χ1) is 13.9. The summed E-state index contributed by atoms with van der Waals surface area (Å²) in [6.45, 7) is 0. The van der Waals surface area contributed by atoms with Crippen molar-refractivity contribution in [2.45, 2.75) is 4.90 Å².